The number of aromatic nitrogens is 1. The highest BCUT2D eigenvalue weighted by atomic mass is 19.1. The molecule has 0 radical (unpaired) electrons. The molecule has 0 aliphatic carbocycles. The molecule has 0 aliphatic heterocycles. The fraction of sp³-hybridized carbons (Fsp3) is 0.167. The number of aromatic carboxylic acids is 1. The van der Waals surface area contributed by atoms with Crippen molar-refractivity contribution >= 4 is 5.97 Å². The second-order valence-corrected chi connectivity index (χ2v) is 3.68. The van der Waals surface area contributed by atoms with Gasteiger partial charge in [-0.05, 0) is 18.6 Å². The maximum Gasteiger partial charge on any atom is 0.358 e. The minimum absolute atomic E-state index is 0.00935. The van der Waals surface area contributed by atoms with Gasteiger partial charge in [0.1, 0.15) is 18.2 Å². The molecule has 0 unspecified atom stereocenters. The molecule has 0 aliphatic rings. The molecule has 6 heteroatoms. The monoisotopic (exact) mass is 251 g/mol. The van der Waals surface area contributed by atoms with Crippen LogP contribution in [0.5, 0.6) is 5.75 Å². The molecule has 5 nitrogen and oxygen atoms in total. The molecule has 0 atom stereocenters. The minimum Gasteiger partial charge on any atom is -0.485 e. The summed E-state index contributed by atoms with van der Waals surface area (Å²) in [6, 6.07) is 5.44. The Morgan fingerprint density at radius 1 is 1.50 bits per heavy atom. The van der Waals surface area contributed by atoms with Gasteiger partial charge in [0, 0.05) is 12.1 Å². The standard InChI is InChI=1S/C12H10FNO4/c1-7-2-3-8(13)4-11(7)17-6-9-5-10(12(15)16)14-18-9/h2-5H,6H2,1H3,(H,15,16). The molecule has 18 heavy (non-hydrogen) atoms. The average Bonchev–Trinajstić information content (AvgIpc) is 2.79. The smallest absolute Gasteiger partial charge is 0.358 e. The number of benzene rings is 1. The van der Waals surface area contributed by atoms with Crippen LogP contribution in [-0.4, -0.2) is 16.2 Å². The van der Waals surface area contributed by atoms with Crippen LogP contribution in [0.25, 0.3) is 0 Å². The summed E-state index contributed by atoms with van der Waals surface area (Å²) in [5.41, 5.74) is 0.582. The van der Waals surface area contributed by atoms with Crippen LogP contribution < -0.4 is 4.74 Å². The van der Waals surface area contributed by atoms with E-state index in [1.807, 2.05) is 0 Å². The van der Waals surface area contributed by atoms with Crippen molar-refractivity contribution in [1.29, 1.82) is 0 Å². The SMILES string of the molecule is Cc1ccc(F)cc1OCc1cc(C(=O)O)no1. The van der Waals surface area contributed by atoms with E-state index in [1.54, 1.807) is 13.0 Å². The fourth-order valence-corrected chi connectivity index (χ4v) is 1.36. The number of carbonyl (C=O) groups is 1. The molecular formula is C12H10FNO4. The van der Waals surface area contributed by atoms with E-state index in [1.165, 1.54) is 18.2 Å². The highest BCUT2D eigenvalue weighted by molar-refractivity contribution is 5.85. The maximum absolute atomic E-state index is 13.0. The van der Waals surface area contributed by atoms with Crippen LogP contribution in [0.2, 0.25) is 0 Å². The van der Waals surface area contributed by atoms with Crippen LogP contribution in [0.4, 0.5) is 4.39 Å². The molecule has 94 valence electrons. The van der Waals surface area contributed by atoms with Crippen molar-refractivity contribution in [3.05, 3.63) is 47.1 Å². The summed E-state index contributed by atoms with van der Waals surface area (Å²) in [4.78, 5) is 10.6. The maximum atomic E-state index is 13.0. The first-order valence-corrected chi connectivity index (χ1v) is 5.14. The van der Waals surface area contributed by atoms with E-state index in [9.17, 15) is 9.18 Å². The Balaban J connectivity index is 2.06. The number of halogens is 1. The van der Waals surface area contributed by atoms with Crippen LogP contribution in [0.15, 0.2) is 28.8 Å². The first-order chi connectivity index (χ1) is 8.56. The van der Waals surface area contributed by atoms with Crippen LogP contribution in [-0.2, 0) is 6.61 Å². The number of nitrogens with zero attached hydrogens (tertiary/aromatic N) is 1. The highest BCUT2D eigenvalue weighted by Gasteiger charge is 2.11. The average molecular weight is 251 g/mol. The number of carboxylic acids is 1. The van der Waals surface area contributed by atoms with E-state index >= 15 is 0 Å². The van der Waals surface area contributed by atoms with E-state index in [0.717, 1.165) is 5.56 Å². The lowest BCUT2D eigenvalue weighted by Crippen LogP contribution is -1.97. The van der Waals surface area contributed by atoms with Crippen LogP contribution in [0, 0.1) is 12.7 Å². The molecule has 0 spiro atoms. The highest BCUT2D eigenvalue weighted by Crippen LogP contribution is 2.20. The minimum atomic E-state index is -1.17. The molecular weight excluding hydrogens is 241 g/mol. The lowest BCUT2D eigenvalue weighted by atomic mass is 10.2. The van der Waals surface area contributed by atoms with Crippen LogP contribution in [0.1, 0.15) is 21.8 Å². The summed E-state index contributed by atoms with van der Waals surface area (Å²) in [7, 11) is 0. The fourth-order valence-electron chi connectivity index (χ4n) is 1.36. The molecule has 0 saturated carbocycles. The Bertz CT molecular complexity index is 579. The molecule has 0 fully saturated rings. The number of hydrogen-bond acceptors (Lipinski definition) is 4. The Labute approximate surface area is 102 Å². The van der Waals surface area contributed by atoms with E-state index in [4.69, 9.17) is 14.4 Å². The number of hydrogen-bond donors (Lipinski definition) is 1. The van der Waals surface area contributed by atoms with Gasteiger partial charge < -0.3 is 14.4 Å². The van der Waals surface area contributed by atoms with Gasteiger partial charge in [0.25, 0.3) is 0 Å². The summed E-state index contributed by atoms with van der Waals surface area (Å²) in [6.45, 7) is 1.77. The number of rotatable bonds is 4. The zero-order chi connectivity index (χ0) is 13.1. The van der Waals surface area contributed by atoms with E-state index in [2.05, 4.69) is 5.16 Å². The molecule has 0 saturated heterocycles. The van der Waals surface area contributed by atoms with Crippen molar-refractivity contribution in [2.75, 3.05) is 0 Å². The van der Waals surface area contributed by atoms with Gasteiger partial charge in [0.2, 0.25) is 0 Å². The summed E-state index contributed by atoms with van der Waals surface area (Å²) in [5, 5.41) is 12.0. The van der Waals surface area contributed by atoms with Gasteiger partial charge in [-0.3, -0.25) is 0 Å². The predicted molar refractivity (Wildman–Crippen MR) is 58.9 cm³/mol. The third kappa shape index (κ3) is 2.65. The first kappa shape index (κ1) is 12.1. The van der Waals surface area contributed by atoms with Gasteiger partial charge in [-0.25, -0.2) is 9.18 Å². The third-order valence-electron chi connectivity index (χ3n) is 2.30. The van der Waals surface area contributed by atoms with Gasteiger partial charge in [0.05, 0.1) is 0 Å². The molecule has 1 heterocycles. The van der Waals surface area contributed by atoms with Gasteiger partial charge in [-0.15, -0.1) is 0 Å². The summed E-state index contributed by atoms with van der Waals surface area (Å²) in [6.07, 6.45) is 0. The second kappa shape index (κ2) is 4.87. The second-order valence-electron chi connectivity index (χ2n) is 3.68. The van der Waals surface area contributed by atoms with Gasteiger partial charge >= 0.3 is 5.97 Å². The van der Waals surface area contributed by atoms with Crippen LogP contribution >= 0.6 is 0 Å². The van der Waals surface area contributed by atoms with Crippen molar-refractivity contribution in [2.24, 2.45) is 0 Å². The van der Waals surface area contributed by atoms with E-state index < -0.39 is 11.8 Å². The van der Waals surface area contributed by atoms with Crippen molar-refractivity contribution in [3.8, 4) is 5.75 Å². The molecule has 0 amide bonds. The summed E-state index contributed by atoms with van der Waals surface area (Å²) >= 11 is 0. The lowest BCUT2D eigenvalue weighted by molar-refractivity contribution is 0.0685. The van der Waals surface area contributed by atoms with Gasteiger partial charge in [-0.2, -0.15) is 0 Å². The molecule has 2 aromatic rings. The number of aryl methyl sites for hydroxylation is 1. The van der Waals surface area contributed by atoms with E-state index in [-0.39, 0.29) is 18.1 Å². The number of ether oxygens (including phenoxy) is 1. The quantitative estimate of drug-likeness (QED) is 0.903. The van der Waals surface area contributed by atoms with E-state index in [0.29, 0.717) is 5.75 Å². The summed E-state index contributed by atoms with van der Waals surface area (Å²) < 4.78 is 23.1. The Hall–Kier alpha value is -2.37. The number of carboxylic acid groups (broad SMARTS) is 1. The normalized spacial score (nSPS) is 10.3. The molecule has 1 aromatic carbocycles. The largest absolute Gasteiger partial charge is 0.485 e. The molecule has 1 N–H and O–H groups in total. The molecule has 2 rings (SSSR count). The van der Waals surface area contributed by atoms with Crippen molar-refractivity contribution in [3.63, 3.8) is 0 Å². The molecule has 0 bridgehead atoms. The van der Waals surface area contributed by atoms with Crippen LogP contribution in [0.3, 0.4) is 0 Å². The lowest BCUT2D eigenvalue weighted by Gasteiger charge is -2.06. The van der Waals surface area contributed by atoms with Crippen molar-refractivity contribution < 1.29 is 23.6 Å². The van der Waals surface area contributed by atoms with Crippen molar-refractivity contribution in [1.82, 2.24) is 5.16 Å². The first-order valence-electron chi connectivity index (χ1n) is 5.14. The zero-order valence-electron chi connectivity index (χ0n) is 9.51. The predicted octanol–water partition coefficient (Wildman–Crippen LogP) is 2.40. The Kier molecular flexibility index (Phi) is 3.27. The van der Waals surface area contributed by atoms with Gasteiger partial charge in [-0.1, -0.05) is 11.2 Å². The molecule has 1 aromatic heterocycles. The third-order valence-corrected chi connectivity index (χ3v) is 2.30. The van der Waals surface area contributed by atoms with Crippen molar-refractivity contribution in [2.45, 2.75) is 13.5 Å². The Morgan fingerprint density at radius 2 is 2.28 bits per heavy atom. The van der Waals surface area contributed by atoms with Gasteiger partial charge in [0.15, 0.2) is 11.5 Å². The summed E-state index contributed by atoms with van der Waals surface area (Å²) in [5.74, 6) is -0.939. The Morgan fingerprint density at radius 3 is 2.94 bits per heavy atom. The topological polar surface area (TPSA) is 72.6 Å². The zero-order valence-corrected chi connectivity index (χ0v) is 9.51.